The number of amides is 1. The monoisotopic (exact) mass is 223 g/mol. The van der Waals surface area contributed by atoms with Gasteiger partial charge in [-0.15, -0.1) is 0 Å². The average molecular weight is 223 g/mol. The summed E-state index contributed by atoms with van der Waals surface area (Å²) in [5.41, 5.74) is -0.345. The quantitative estimate of drug-likeness (QED) is 0.470. The number of hydrogen-bond donors (Lipinski definition) is 1. The summed E-state index contributed by atoms with van der Waals surface area (Å²) in [7, 11) is 0. The highest BCUT2D eigenvalue weighted by molar-refractivity contribution is 5.94. The van der Waals surface area contributed by atoms with Crippen LogP contribution in [0.5, 0.6) is 0 Å². The van der Waals surface area contributed by atoms with Gasteiger partial charge in [-0.05, 0) is 0 Å². The third-order valence-electron chi connectivity index (χ3n) is 1.69. The van der Waals surface area contributed by atoms with Crippen LogP contribution in [-0.4, -0.2) is 21.6 Å². The maximum atomic E-state index is 11.1. The maximum Gasteiger partial charge on any atom is 0.275 e. The van der Waals surface area contributed by atoms with Gasteiger partial charge in [0.1, 0.15) is 11.5 Å². The van der Waals surface area contributed by atoms with E-state index in [1.54, 1.807) is 0 Å². The number of Topliss-reactive ketones (excluding diaryl/α,β-unsaturated/α-hetero) is 1. The molecule has 7 heteroatoms. The Morgan fingerprint density at radius 2 is 2.00 bits per heavy atom. The van der Waals surface area contributed by atoms with Gasteiger partial charge in [0.2, 0.25) is 5.91 Å². The van der Waals surface area contributed by atoms with Crippen LogP contribution in [0, 0.1) is 10.1 Å². The van der Waals surface area contributed by atoms with Crippen molar-refractivity contribution in [2.24, 2.45) is 0 Å². The van der Waals surface area contributed by atoms with Gasteiger partial charge in [0.05, 0.1) is 11.0 Å². The summed E-state index contributed by atoms with van der Waals surface area (Å²) in [6, 6.07) is 2.15. The van der Waals surface area contributed by atoms with Crippen LogP contribution in [0.2, 0.25) is 0 Å². The van der Waals surface area contributed by atoms with Crippen molar-refractivity contribution >= 4 is 23.2 Å². The highest BCUT2D eigenvalue weighted by Crippen LogP contribution is 2.17. The number of nitro groups is 1. The number of ketones is 1. The number of nitrogens with one attached hydrogen (secondary N) is 1. The fourth-order valence-corrected chi connectivity index (χ4v) is 1.05. The predicted octanol–water partition coefficient (Wildman–Crippen LogP) is 1.15. The molecule has 0 atom stereocenters. The molecular weight excluding hydrogens is 214 g/mol. The van der Waals surface area contributed by atoms with Crippen LogP contribution in [0.1, 0.15) is 24.3 Å². The van der Waals surface area contributed by atoms with Crippen molar-refractivity contribution in [1.82, 2.24) is 4.98 Å². The minimum atomic E-state index is -0.653. The first-order valence-electron chi connectivity index (χ1n) is 4.35. The molecular formula is C9H9N3O4. The molecule has 0 aliphatic carbocycles. The smallest absolute Gasteiger partial charge is 0.275 e. The Balaban J connectivity index is 3.23. The molecule has 0 radical (unpaired) electrons. The zero-order chi connectivity index (χ0) is 12.3. The second-order valence-electron chi connectivity index (χ2n) is 3.09. The molecule has 0 saturated heterocycles. The van der Waals surface area contributed by atoms with Crippen LogP contribution in [0.4, 0.5) is 11.5 Å². The zero-order valence-corrected chi connectivity index (χ0v) is 8.68. The summed E-state index contributed by atoms with van der Waals surface area (Å²) in [6.07, 6.45) is 0. The summed E-state index contributed by atoms with van der Waals surface area (Å²) in [5.74, 6) is -0.829. The number of carbonyl (C=O) groups is 2. The van der Waals surface area contributed by atoms with E-state index >= 15 is 0 Å². The third kappa shape index (κ3) is 2.84. The van der Waals surface area contributed by atoms with Crippen molar-refractivity contribution < 1.29 is 14.5 Å². The van der Waals surface area contributed by atoms with Gasteiger partial charge in [0.15, 0.2) is 5.78 Å². The minimum absolute atomic E-state index is 0.00750. The molecule has 1 aromatic rings. The Bertz CT molecular complexity index is 438. The van der Waals surface area contributed by atoms with E-state index in [9.17, 15) is 19.7 Å². The van der Waals surface area contributed by atoms with Gasteiger partial charge in [0, 0.05) is 19.9 Å². The Labute approximate surface area is 90.6 Å². The van der Waals surface area contributed by atoms with Crippen molar-refractivity contribution in [2.45, 2.75) is 13.8 Å². The topological polar surface area (TPSA) is 102 Å². The molecule has 16 heavy (non-hydrogen) atoms. The van der Waals surface area contributed by atoms with Gasteiger partial charge in [-0.1, -0.05) is 0 Å². The first kappa shape index (κ1) is 11.8. The lowest BCUT2D eigenvalue weighted by molar-refractivity contribution is -0.384. The number of aromatic nitrogens is 1. The van der Waals surface area contributed by atoms with Crippen LogP contribution in [0.3, 0.4) is 0 Å². The molecule has 1 rings (SSSR count). The molecule has 84 valence electrons. The number of rotatable bonds is 3. The van der Waals surface area contributed by atoms with E-state index in [-0.39, 0.29) is 17.2 Å². The first-order chi connectivity index (χ1) is 7.40. The lowest BCUT2D eigenvalue weighted by Gasteiger charge is -2.02. The Hall–Kier alpha value is -2.31. The van der Waals surface area contributed by atoms with Gasteiger partial charge >= 0.3 is 0 Å². The van der Waals surface area contributed by atoms with Crippen molar-refractivity contribution in [3.05, 3.63) is 27.9 Å². The largest absolute Gasteiger partial charge is 0.311 e. The maximum absolute atomic E-state index is 11.1. The number of nitrogens with zero attached hydrogens (tertiary/aromatic N) is 2. The van der Waals surface area contributed by atoms with E-state index in [0.29, 0.717) is 0 Å². The standard InChI is InChI=1S/C9H9N3O4/c1-5(13)8-3-7(12(15)16)4-9(11-8)10-6(2)14/h3-4H,1-2H3,(H,10,11,14). The fraction of sp³-hybridized carbons (Fsp3) is 0.222. The molecule has 0 spiro atoms. The second-order valence-corrected chi connectivity index (χ2v) is 3.09. The summed E-state index contributed by atoms with van der Waals surface area (Å²) >= 11 is 0. The lowest BCUT2D eigenvalue weighted by Crippen LogP contribution is -2.10. The Kier molecular flexibility index (Phi) is 3.29. The van der Waals surface area contributed by atoms with Gasteiger partial charge in [-0.25, -0.2) is 4.98 Å². The van der Waals surface area contributed by atoms with Gasteiger partial charge in [-0.2, -0.15) is 0 Å². The van der Waals surface area contributed by atoms with E-state index in [0.717, 1.165) is 12.1 Å². The van der Waals surface area contributed by atoms with E-state index < -0.39 is 16.6 Å². The van der Waals surface area contributed by atoms with Crippen molar-refractivity contribution in [2.75, 3.05) is 5.32 Å². The van der Waals surface area contributed by atoms with Gasteiger partial charge in [0.25, 0.3) is 5.69 Å². The van der Waals surface area contributed by atoms with Crippen molar-refractivity contribution in [1.29, 1.82) is 0 Å². The molecule has 1 amide bonds. The van der Waals surface area contributed by atoms with Crippen molar-refractivity contribution in [3.8, 4) is 0 Å². The molecule has 7 nitrogen and oxygen atoms in total. The zero-order valence-electron chi connectivity index (χ0n) is 8.68. The van der Waals surface area contributed by atoms with Crippen molar-refractivity contribution in [3.63, 3.8) is 0 Å². The molecule has 0 saturated carbocycles. The normalized spacial score (nSPS) is 9.62. The van der Waals surface area contributed by atoms with E-state index in [2.05, 4.69) is 10.3 Å². The fourth-order valence-electron chi connectivity index (χ4n) is 1.05. The van der Waals surface area contributed by atoms with Crippen LogP contribution < -0.4 is 5.32 Å². The van der Waals surface area contributed by atoms with Crippen LogP contribution >= 0.6 is 0 Å². The van der Waals surface area contributed by atoms with Crippen LogP contribution in [0.25, 0.3) is 0 Å². The first-order valence-corrected chi connectivity index (χ1v) is 4.35. The molecule has 0 bridgehead atoms. The summed E-state index contributed by atoms with van der Waals surface area (Å²) in [5, 5.41) is 12.9. The van der Waals surface area contributed by atoms with Crippen LogP contribution in [-0.2, 0) is 4.79 Å². The minimum Gasteiger partial charge on any atom is -0.311 e. The molecule has 0 aliphatic heterocycles. The molecule has 0 fully saturated rings. The highest BCUT2D eigenvalue weighted by atomic mass is 16.6. The SMILES string of the molecule is CC(=O)Nc1cc([N+](=O)[O-])cc(C(C)=O)n1. The lowest BCUT2D eigenvalue weighted by atomic mass is 10.2. The van der Waals surface area contributed by atoms with Gasteiger partial charge in [-0.3, -0.25) is 19.7 Å². The second kappa shape index (κ2) is 4.47. The Morgan fingerprint density at radius 3 is 2.44 bits per heavy atom. The van der Waals surface area contributed by atoms with Gasteiger partial charge < -0.3 is 5.32 Å². The summed E-state index contributed by atoms with van der Waals surface area (Å²) in [6.45, 7) is 2.48. The number of anilines is 1. The van der Waals surface area contributed by atoms with E-state index in [4.69, 9.17) is 0 Å². The molecule has 0 aliphatic rings. The molecule has 0 unspecified atom stereocenters. The number of pyridine rings is 1. The number of hydrogen-bond acceptors (Lipinski definition) is 5. The Morgan fingerprint density at radius 1 is 1.38 bits per heavy atom. The molecule has 0 aromatic carbocycles. The predicted molar refractivity (Wildman–Crippen MR) is 55.2 cm³/mol. The summed E-state index contributed by atoms with van der Waals surface area (Å²) in [4.78, 5) is 35.5. The van der Waals surface area contributed by atoms with E-state index in [1.807, 2.05) is 0 Å². The number of carbonyl (C=O) groups excluding carboxylic acids is 2. The van der Waals surface area contributed by atoms with E-state index in [1.165, 1.54) is 13.8 Å². The van der Waals surface area contributed by atoms with Crippen LogP contribution in [0.15, 0.2) is 12.1 Å². The summed E-state index contributed by atoms with van der Waals surface area (Å²) < 4.78 is 0. The third-order valence-corrected chi connectivity index (χ3v) is 1.69. The molecule has 1 N–H and O–H groups in total. The average Bonchev–Trinajstić information content (AvgIpc) is 2.15. The highest BCUT2D eigenvalue weighted by Gasteiger charge is 2.14. The molecule has 1 heterocycles. The molecule has 1 aromatic heterocycles.